The Morgan fingerprint density at radius 2 is 1.59 bits per heavy atom. The zero-order valence-electron chi connectivity index (χ0n) is 17.5. The van der Waals surface area contributed by atoms with Crippen LogP contribution in [0.3, 0.4) is 0 Å². The SMILES string of the molecule is CC(C)(C)c1cc(C=N[C@H](CO)Cc2ccccc2)c(O)c(C(C)(C)C)c1. The molecule has 2 N–H and O–H groups in total. The van der Waals surface area contributed by atoms with Gasteiger partial charge in [-0.2, -0.15) is 0 Å². The number of phenolic OH excluding ortho intramolecular Hbond substituents is 1. The highest BCUT2D eigenvalue weighted by Gasteiger charge is 2.24. The summed E-state index contributed by atoms with van der Waals surface area (Å²) in [5, 5.41) is 20.6. The van der Waals surface area contributed by atoms with Crippen LogP contribution in [0, 0.1) is 0 Å². The first-order chi connectivity index (χ1) is 12.5. The van der Waals surface area contributed by atoms with E-state index in [9.17, 15) is 10.2 Å². The lowest BCUT2D eigenvalue weighted by atomic mass is 9.79. The first-order valence-corrected chi connectivity index (χ1v) is 9.58. The molecule has 2 aromatic carbocycles. The van der Waals surface area contributed by atoms with Crippen LogP contribution >= 0.6 is 0 Å². The molecule has 3 heteroatoms. The van der Waals surface area contributed by atoms with Crippen LogP contribution < -0.4 is 0 Å². The molecule has 0 aromatic heterocycles. The number of benzene rings is 2. The van der Waals surface area contributed by atoms with Crippen molar-refractivity contribution in [1.82, 2.24) is 0 Å². The van der Waals surface area contributed by atoms with Gasteiger partial charge in [0.05, 0.1) is 12.6 Å². The number of aliphatic imine (C=N–C) groups is 1. The Morgan fingerprint density at radius 3 is 2.11 bits per heavy atom. The highest BCUT2D eigenvalue weighted by Crippen LogP contribution is 2.37. The Morgan fingerprint density at radius 1 is 0.963 bits per heavy atom. The molecule has 0 aliphatic heterocycles. The number of aromatic hydroxyl groups is 1. The predicted octanol–water partition coefficient (Wildman–Crippen LogP) is 5.01. The van der Waals surface area contributed by atoms with Crippen molar-refractivity contribution >= 4 is 6.21 Å². The number of aliphatic hydroxyl groups excluding tert-OH is 1. The van der Waals surface area contributed by atoms with E-state index in [4.69, 9.17) is 0 Å². The summed E-state index contributed by atoms with van der Waals surface area (Å²) in [4.78, 5) is 4.58. The summed E-state index contributed by atoms with van der Waals surface area (Å²) >= 11 is 0. The summed E-state index contributed by atoms with van der Waals surface area (Å²) in [6.07, 6.45) is 2.38. The zero-order chi connectivity index (χ0) is 20.2. The normalized spacial score (nSPS) is 13.9. The van der Waals surface area contributed by atoms with Gasteiger partial charge in [0.2, 0.25) is 0 Å². The van der Waals surface area contributed by atoms with Crippen molar-refractivity contribution in [2.24, 2.45) is 4.99 Å². The summed E-state index contributed by atoms with van der Waals surface area (Å²) in [6, 6.07) is 13.9. The van der Waals surface area contributed by atoms with Gasteiger partial charge in [-0.05, 0) is 34.4 Å². The molecule has 0 radical (unpaired) electrons. The zero-order valence-corrected chi connectivity index (χ0v) is 17.5. The third kappa shape index (κ3) is 5.67. The van der Waals surface area contributed by atoms with Gasteiger partial charge in [0.1, 0.15) is 5.75 Å². The fourth-order valence-electron chi connectivity index (χ4n) is 3.00. The molecule has 0 saturated carbocycles. The number of nitrogens with zero attached hydrogens (tertiary/aromatic N) is 1. The third-order valence-electron chi connectivity index (χ3n) is 4.76. The minimum absolute atomic E-state index is 0.0305. The van der Waals surface area contributed by atoms with Gasteiger partial charge in [0.15, 0.2) is 0 Å². The van der Waals surface area contributed by atoms with Gasteiger partial charge >= 0.3 is 0 Å². The van der Waals surface area contributed by atoms with Gasteiger partial charge < -0.3 is 10.2 Å². The van der Waals surface area contributed by atoms with E-state index in [1.807, 2.05) is 36.4 Å². The molecule has 0 aliphatic carbocycles. The Bertz CT molecular complexity index is 781. The molecule has 0 fully saturated rings. The van der Waals surface area contributed by atoms with Crippen LogP contribution in [0.15, 0.2) is 47.5 Å². The molecule has 146 valence electrons. The highest BCUT2D eigenvalue weighted by molar-refractivity contribution is 5.85. The van der Waals surface area contributed by atoms with Crippen molar-refractivity contribution in [2.75, 3.05) is 6.61 Å². The number of phenols is 1. The lowest BCUT2D eigenvalue weighted by Crippen LogP contribution is -2.18. The minimum Gasteiger partial charge on any atom is -0.507 e. The van der Waals surface area contributed by atoms with Gasteiger partial charge in [0, 0.05) is 17.3 Å². The number of hydrogen-bond donors (Lipinski definition) is 2. The van der Waals surface area contributed by atoms with Gasteiger partial charge in [-0.15, -0.1) is 0 Å². The maximum absolute atomic E-state index is 10.8. The largest absolute Gasteiger partial charge is 0.507 e. The predicted molar refractivity (Wildman–Crippen MR) is 114 cm³/mol. The van der Waals surface area contributed by atoms with Crippen LogP contribution in [0.5, 0.6) is 5.75 Å². The number of aliphatic hydroxyl groups is 1. The molecule has 27 heavy (non-hydrogen) atoms. The van der Waals surface area contributed by atoms with Crippen LogP contribution in [0.4, 0.5) is 0 Å². The van der Waals surface area contributed by atoms with Crippen molar-refractivity contribution in [3.8, 4) is 5.75 Å². The van der Waals surface area contributed by atoms with Crippen LogP contribution in [0.1, 0.15) is 63.8 Å². The molecule has 2 aromatic rings. The molecule has 0 saturated heterocycles. The van der Waals surface area contributed by atoms with Gasteiger partial charge in [-0.3, -0.25) is 4.99 Å². The Labute approximate surface area is 163 Å². The monoisotopic (exact) mass is 367 g/mol. The van der Waals surface area contributed by atoms with Crippen LogP contribution in [-0.2, 0) is 17.3 Å². The van der Waals surface area contributed by atoms with Crippen LogP contribution in [0.2, 0.25) is 0 Å². The van der Waals surface area contributed by atoms with E-state index in [1.165, 1.54) is 0 Å². The average Bonchev–Trinajstić information content (AvgIpc) is 2.58. The van der Waals surface area contributed by atoms with E-state index in [0.717, 1.165) is 16.7 Å². The Balaban J connectivity index is 2.39. The number of rotatable bonds is 5. The van der Waals surface area contributed by atoms with Crippen molar-refractivity contribution in [1.29, 1.82) is 0 Å². The topological polar surface area (TPSA) is 52.8 Å². The summed E-state index contributed by atoms with van der Waals surface area (Å²) in [5.74, 6) is 0.274. The molecule has 2 rings (SSSR count). The van der Waals surface area contributed by atoms with Crippen molar-refractivity contribution in [2.45, 2.75) is 64.8 Å². The smallest absolute Gasteiger partial charge is 0.128 e. The average molecular weight is 368 g/mol. The van der Waals surface area contributed by atoms with Crippen molar-refractivity contribution in [3.63, 3.8) is 0 Å². The Hall–Kier alpha value is -2.13. The van der Waals surface area contributed by atoms with E-state index in [0.29, 0.717) is 12.0 Å². The lowest BCUT2D eigenvalue weighted by Gasteiger charge is -2.27. The van der Waals surface area contributed by atoms with Crippen molar-refractivity contribution in [3.05, 3.63) is 64.7 Å². The minimum atomic E-state index is -0.233. The summed E-state index contributed by atoms with van der Waals surface area (Å²) in [5.41, 5.74) is 3.72. The first-order valence-electron chi connectivity index (χ1n) is 9.58. The van der Waals surface area contributed by atoms with Gasteiger partial charge in [-0.1, -0.05) is 77.9 Å². The molecular formula is C24H33NO2. The second-order valence-corrected chi connectivity index (χ2v) is 9.27. The third-order valence-corrected chi connectivity index (χ3v) is 4.76. The maximum Gasteiger partial charge on any atom is 0.128 e. The second kappa shape index (κ2) is 8.26. The second-order valence-electron chi connectivity index (χ2n) is 9.27. The van der Waals surface area contributed by atoms with Crippen LogP contribution in [0.25, 0.3) is 0 Å². The lowest BCUT2D eigenvalue weighted by molar-refractivity contribution is 0.266. The number of hydrogen-bond acceptors (Lipinski definition) is 3. The van der Waals surface area contributed by atoms with Crippen LogP contribution in [-0.4, -0.2) is 29.1 Å². The molecule has 0 unspecified atom stereocenters. The van der Waals surface area contributed by atoms with E-state index >= 15 is 0 Å². The van der Waals surface area contributed by atoms with E-state index < -0.39 is 0 Å². The fraction of sp³-hybridized carbons (Fsp3) is 0.458. The van der Waals surface area contributed by atoms with E-state index in [2.05, 4.69) is 52.6 Å². The molecule has 0 spiro atoms. The van der Waals surface area contributed by atoms with Gasteiger partial charge in [0.25, 0.3) is 0 Å². The molecule has 0 aliphatic rings. The summed E-state index contributed by atoms with van der Waals surface area (Å²) in [6.45, 7) is 12.8. The first kappa shape index (κ1) is 21.2. The molecule has 0 bridgehead atoms. The molecule has 0 amide bonds. The van der Waals surface area contributed by atoms with Crippen molar-refractivity contribution < 1.29 is 10.2 Å². The Kier molecular flexibility index (Phi) is 6.48. The fourth-order valence-corrected chi connectivity index (χ4v) is 3.00. The standard InChI is InChI=1S/C24H33NO2/c1-23(2,3)19-13-18(22(27)21(14-19)24(4,5)6)15-25-20(16-26)12-17-10-8-7-9-11-17/h7-11,13-15,20,26-27H,12,16H2,1-6H3/t20-/m0/s1. The maximum atomic E-state index is 10.8. The molecule has 1 atom stereocenters. The quantitative estimate of drug-likeness (QED) is 0.730. The van der Waals surface area contributed by atoms with E-state index in [-0.39, 0.29) is 29.2 Å². The molecule has 0 heterocycles. The molecular weight excluding hydrogens is 334 g/mol. The molecule has 3 nitrogen and oxygen atoms in total. The summed E-state index contributed by atoms with van der Waals surface area (Å²) < 4.78 is 0. The van der Waals surface area contributed by atoms with Gasteiger partial charge in [-0.25, -0.2) is 0 Å². The summed E-state index contributed by atoms with van der Waals surface area (Å²) in [7, 11) is 0. The highest BCUT2D eigenvalue weighted by atomic mass is 16.3. The van der Waals surface area contributed by atoms with E-state index in [1.54, 1.807) is 6.21 Å².